The van der Waals surface area contributed by atoms with Gasteiger partial charge in [-0.15, -0.1) is 0 Å². The molecule has 0 saturated heterocycles. The van der Waals surface area contributed by atoms with Crippen molar-refractivity contribution in [3.8, 4) is 0 Å². The number of benzene rings is 1. The van der Waals surface area contributed by atoms with Crippen LogP contribution in [0, 0.1) is 15.9 Å². The standard InChI is InChI=1S/C14H3F14N3O2S/c15-4-2-5(6(31(32)33)1-3(4)11(17,18)19)29-9-30-10(13(23,24)25,14(26,27)28)8(34-9)7(16)12(20,21)22/h1-2H,(H,29,30). The van der Waals surface area contributed by atoms with Gasteiger partial charge in [0.1, 0.15) is 11.5 Å². The summed E-state index contributed by atoms with van der Waals surface area (Å²) in [7, 11) is 0. The molecule has 34 heavy (non-hydrogen) atoms. The van der Waals surface area contributed by atoms with Gasteiger partial charge in [0.25, 0.3) is 11.2 Å². The topological polar surface area (TPSA) is 67.5 Å². The Hall–Kier alpha value is -2.80. The first-order chi connectivity index (χ1) is 15.0. The number of rotatable bonds is 2. The van der Waals surface area contributed by atoms with Crippen LogP contribution in [0.5, 0.6) is 0 Å². The maximum absolute atomic E-state index is 13.7. The number of hydrogen-bond acceptors (Lipinski definition) is 5. The molecule has 0 atom stereocenters. The van der Waals surface area contributed by atoms with Gasteiger partial charge in [-0.2, -0.15) is 52.7 Å². The summed E-state index contributed by atoms with van der Waals surface area (Å²) < 4.78 is 184. The minimum absolute atomic E-state index is 0.366. The van der Waals surface area contributed by atoms with Crippen LogP contribution in [0.15, 0.2) is 27.9 Å². The second-order valence-electron chi connectivity index (χ2n) is 6.09. The first-order valence-electron chi connectivity index (χ1n) is 7.74. The summed E-state index contributed by atoms with van der Waals surface area (Å²) in [6.45, 7) is 0. The first kappa shape index (κ1) is 27.4. The third-order valence-corrected chi connectivity index (χ3v) is 4.96. The molecule has 5 nitrogen and oxygen atoms in total. The first-order valence-corrected chi connectivity index (χ1v) is 8.56. The predicted octanol–water partition coefficient (Wildman–Crippen LogP) is 6.87. The lowest BCUT2D eigenvalue weighted by Crippen LogP contribution is -2.55. The van der Waals surface area contributed by atoms with Crippen LogP contribution in [-0.2, 0) is 6.18 Å². The molecule has 1 aromatic rings. The van der Waals surface area contributed by atoms with Crippen molar-refractivity contribution in [2.24, 2.45) is 4.99 Å². The maximum atomic E-state index is 13.7. The molecule has 0 aromatic heterocycles. The van der Waals surface area contributed by atoms with E-state index in [-0.39, 0.29) is 6.07 Å². The molecule has 0 unspecified atom stereocenters. The summed E-state index contributed by atoms with van der Waals surface area (Å²) in [6.07, 6.45) is -25.4. The fourth-order valence-corrected chi connectivity index (χ4v) is 3.64. The minimum Gasteiger partial charge on any atom is -0.329 e. The minimum atomic E-state index is -6.75. The summed E-state index contributed by atoms with van der Waals surface area (Å²) >= 11 is -1.25. The number of hydrogen-bond donors (Lipinski definition) is 1. The summed E-state index contributed by atoms with van der Waals surface area (Å²) in [5.74, 6) is -6.15. The monoisotopic (exact) mass is 543 g/mol. The number of nitrogens with one attached hydrogen (secondary N) is 1. The molecule has 0 spiro atoms. The molecule has 0 fully saturated rings. The number of nitro groups is 1. The zero-order valence-corrected chi connectivity index (χ0v) is 15.9. The van der Waals surface area contributed by atoms with Crippen molar-refractivity contribution in [3.63, 3.8) is 0 Å². The molecule has 1 heterocycles. The van der Waals surface area contributed by atoms with Gasteiger partial charge in [-0.25, -0.2) is 13.8 Å². The van der Waals surface area contributed by atoms with Crippen molar-refractivity contribution in [3.05, 3.63) is 44.4 Å². The Morgan fingerprint density at radius 2 is 1.47 bits per heavy atom. The fourth-order valence-electron chi connectivity index (χ4n) is 2.47. The van der Waals surface area contributed by atoms with Gasteiger partial charge in [0.15, 0.2) is 5.17 Å². The summed E-state index contributed by atoms with van der Waals surface area (Å²) in [4.78, 5) is 8.28. The Morgan fingerprint density at radius 1 is 0.971 bits per heavy atom. The molecular weight excluding hydrogens is 540 g/mol. The quantitative estimate of drug-likeness (QED) is 0.251. The zero-order chi connectivity index (χ0) is 26.7. The van der Waals surface area contributed by atoms with E-state index in [9.17, 15) is 71.6 Å². The average Bonchev–Trinajstić information content (AvgIpc) is 2.99. The fraction of sp³-hybridized carbons (Fsp3) is 0.357. The molecule has 0 saturated carbocycles. The second kappa shape index (κ2) is 8.15. The van der Waals surface area contributed by atoms with Crippen LogP contribution in [0.1, 0.15) is 5.56 Å². The average molecular weight is 543 g/mol. The van der Waals surface area contributed by atoms with E-state index in [1.54, 1.807) is 0 Å². The van der Waals surface area contributed by atoms with Crippen LogP contribution < -0.4 is 5.32 Å². The largest absolute Gasteiger partial charge is 0.443 e. The maximum Gasteiger partial charge on any atom is 0.443 e. The number of anilines is 1. The molecule has 20 heteroatoms. The van der Waals surface area contributed by atoms with Gasteiger partial charge in [-0.3, -0.25) is 10.1 Å². The van der Waals surface area contributed by atoms with Crippen molar-refractivity contribution in [1.82, 2.24) is 0 Å². The Bertz CT molecular complexity index is 1050. The Balaban J connectivity index is 2.78. The van der Waals surface area contributed by atoms with Crippen molar-refractivity contribution < 1.29 is 66.4 Å². The second-order valence-corrected chi connectivity index (χ2v) is 7.09. The molecule has 0 radical (unpaired) electrons. The van der Waals surface area contributed by atoms with E-state index in [2.05, 4.69) is 0 Å². The lowest BCUT2D eigenvalue weighted by molar-refractivity contribution is -0.384. The zero-order valence-electron chi connectivity index (χ0n) is 15.1. The van der Waals surface area contributed by atoms with E-state index in [1.165, 1.54) is 5.32 Å². The number of aliphatic imine (C=N–C) groups is 1. The molecule has 1 aromatic carbocycles. The number of halogens is 14. The van der Waals surface area contributed by atoms with Gasteiger partial charge in [-0.05, 0) is 0 Å². The predicted molar refractivity (Wildman–Crippen MR) is 85.7 cm³/mol. The Labute approximate surface area is 180 Å². The number of alkyl halides is 12. The van der Waals surface area contributed by atoms with Gasteiger partial charge < -0.3 is 5.32 Å². The molecule has 2 rings (SSSR count). The van der Waals surface area contributed by atoms with E-state index >= 15 is 0 Å². The van der Waals surface area contributed by atoms with Crippen LogP contribution in [0.25, 0.3) is 0 Å². The van der Waals surface area contributed by atoms with E-state index in [0.29, 0.717) is 0 Å². The molecule has 190 valence electrons. The van der Waals surface area contributed by atoms with Gasteiger partial charge in [-0.1, -0.05) is 11.8 Å². The van der Waals surface area contributed by atoms with Crippen LogP contribution in [0.4, 0.5) is 72.8 Å². The molecule has 1 N–H and O–H groups in total. The summed E-state index contributed by atoms with van der Waals surface area (Å²) in [6, 6.07) is -0.847. The van der Waals surface area contributed by atoms with E-state index in [0.717, 1.165) is 0 Å². The molecule has 0 amide bonds. The smallest absolute Gasteiger partial charge is 0.329 e. The Morgan fingerprint density at radius 3 is 1.85 bits per heavy atom. The van der Waals surface area contributed by atoms with Gasteiger partial charge in [0, 0.05) is 12.1 Å². The highest BCUT2D eigenvalue weighted by Crippen LogP contribution is 2.59. The molecular formula is C14H3F14N3O2S. The third kappa shape index (κ3) is 4.71. The number of nitrogens with zero attached hydrogens (tertiary/aromatic N) is 2. The highest BCUT2D eigenvalue weighted by Gasteiger charge is 2.77. The summed E-state index contributed by atoms with van der Waals surface area (Å²) in [5, 5.41) is 10.3. The van der Waals surface area contributed by atoms with Gasteiger partial charge >= 0.3 is 24.7 Å². The van der Waals surface area contributed by atoms with E-state index in [1.807, 2.05) is 4.99 Å². The van der Waals surface area contributed by atoms with Gasteiger partial charge in [0.2, 0.25) is 5.83 Å². The highest BCUT2D eigenvalue weighted by molar-refractivity contribution is 8.17. The van der Waals surface area contributed by atoms with Crippen LogP contribution >= 0.6 is 11.8 Å². The Kier molecular flexibility index (Phi) is 6.58. The van der Waals surface area contributed by atoms with Crippen LogP contribution in [-0.4, -0.2) is 34.2 Å². The number of nitro benzene ring substituents is 1. The van der Waals surface area contributed by atoms with Gasteiger partial charge in [0.05, 0.1) is 15.4 Å². The van der Waals surface area contributed by atoms with Crippen molar-refractivity contribution in [1.29, 1.82) is 0 Å². The van der Waals surface area contributed by atoms with Crippen LogP contribution in [0.2, 0.25) is 0 Å². The highest BCUT2D eigenvalue weighted by atomic mass is 32.2. The normalized spacial score (nSPS) is 18.6. The number of amidine groups is 1. The molecule has 1 aliphatic heterocycles. The van der Waals surface area contributed by atoms with Crippen LogP contribution in [0.3, 0.4) is 0 Å². The van der Waals surface area contributed by atoms with Crippen molar-refractivity contribution in [2.45, 2.75) is 30.2 Å². The van der Waals surface area contributed by atoms with Crippen molar-refractivity contribution >= 4 is 28.3 Å². The number of allylic oxidation sites excluding steroid dienone is 1. The molecule has 1 aliphatic rings. The lowest BCUT2D eigenvalue weighted by atomic mass is 9.97. The molecule has 0 bridgehead atoms. The van der Waals surface area contributed by atoms with Crippen molar-refractivity contribution in [2.75, 3.05) is 5.32 Å². The SMILES string of the molecule is O=[N+]([O-])c1cc(C(F)(F)F)c(F)cc1NC1=NC(C(F)(F)F)(C(F)(F)F)C(=C(F)C(F)(F)F)S1. The third-order valence-electron chi connectivity index (χ3n) is 3.89. The number of thioether (sulfide) groups is 1. The summed E-state index contributed by atoms with van der Waals surface area (Å²) in [5.41, 5.74) is -11.4. The van der Waals surface area contributed by atoms with E-state index in [4.69, 9.17) is 0 Å². The lowest BCUT2D eigenvalue weighted by Gasteiger charge is -2.31. The molecule has 0 aliphatic carbocycles. The van der Waals surface area contributed by atoms with E-state index < -0.39 is 91.7 Å².